The summed E-state index contributed by atoms with van der Waals surface area (Å²) in [5, 5.41) is 7.45. The Kier molecular flexibility index (Phi) is 4.80. The summed E-state index contributed by atoms with van der Waals surface area (Å²) in [5.41, 5.74) is 2.96. The number of nitrogens with one attached hydrogen (secondary N) is 1. The molecule has 3 aromatic rings. The number of hydrogen-bond donors (Lipinski definition) is 1. The van der Waals surface area contributed by atoms with Crippen molar-refractivity contribution in [1.82, 2.24) is 14.8 Å². The first-order valence-electron chi connectivity index (χ1n) is 8.89. The fourth-order valence-corrected chi connectivity index (χ4v) is 3.28. The number of methoxy groups -OCH3 is 1. The van der Waals surface area contributed by atoms with E-state index in [-0.39, 0.29) is 6.61 Å². The van der Waals surface area contributed by atoms with E-state index in [1.165, 1.54) is 6.33 Å². The number of benzene rings is 2. The predicted octanol–water partition coefficient (Wildman–Crippen LogP) is 3.32. The molecule has 0 aliphatic carbocycles. The molecule has 0 amide bonds. The van der Waals surface area contributed by atoms with Crippen LogP contribution in [0.2, 0.25) is 0 Å². The summed E-state index contributed by atoms with van der Waals surface area (Å²) in [6.45, 7) is 2.04. The topological polar surface area (TPSA) is 78.3 Å². The molecular formula is C21H20N4O3. The van der Waals surface area contributed by atoms with Gasteiger partial charge in [0.25, 0.3) is 0 Å². The number of nitrogens with zero attached hydrogens (tertiary/aromatic N) is 3. The van der Waals surface area contributed by atoms with Gasteiger partial charge in [-0.15, -0.1) is 0 Å². The number of aromatic nitrogens is 3. The molecule has 0 radical (unpaired) electrons. The molecule has 0 unspecified atom stereocenters. The van der Waals surface area contributed by atoms with Crippen molar-refractivity contribution in [2.24, 2.45) is 0 Å². The minimum atomic E-state index is -0.461. The second kappa shape index (κ2) is 7.56. The molecule has 142 valence electrons. The second-order valence-corrected chi connectivity index (χ2v) is 6.43. The number of allylic oxidation sites excluding steroid dienone is 1. The first-order valence-corrected chi connectivity index (χ1v) is 8.89. The van der Waals surface area contributed by atoms with Gasteiger partial charge in [-0.2, -0.15) is 10.1 Å². The van der Waals surface area contributed by atoms with Crippen LogP contribution in [0.25, 0.3) is 0 Å². The van der Waals surface area contributed by atoms with Gasteiger partial charge in [-0.05, 0) is 30.2 Å². The quantitative estimate of drug-likeness (QED) is 0.688. The molecule has 0 fully saturated rings. The summed E-state index contributed by atoms with van der Waals surface area (Å²) in [7, 11) is 1.61. The van der Waals surface area contributed by atoms with Gasteiger partial charge in [0.1, 0.15) is 24.7 Å². The molecule has 2 aromatic carbocycles. The summed E-state index contributed by atoms with van der Waals surface area (Å²) in [6.07, 6.45) is 1.46. The molecule has 1 aliphatic heterocycles. The van der Waals surface area contributed by atoms with E-state index in [9.17, 15) is 4.79 Å². The Balaban J connectivity index is 1.69. The molecule has 1 aliphatic rings. The van der Waals surface area contributed by atoms with Crippen molar-refractivity contribution >= 4 is 11.9 Å². The molecule has 7 heteroatoms. The first kappa shape index (κ1) is 17.8. The van der Waals surface area contributed by atoms with Crippen LogP contribution in [0.4, 0.5) is 5.95 Å². The average molecular weight is 376 g/mol. The molecule has 4 rings (SSSR count). The molecule has 2 heterocycles. The van der Waals surface area contributed by atoms with Crippen LogP contribution in [0.1, 0.15) is 24.1 Å². The van der Waals surface area contributed by atoms with Gasteiger partial charge in [0.15, 0.2) is 0 Å². The van der Waals surface area contributed by atoms with Crippen LogP contribution in [-0.4, -0.2) is 27.8 Å². The monoisotopic (exact) mass is 376 g/mol. The number of fused-ring (bicyclic) bond motifs is 1. The minimum Gasteiger partial charge on any atom is -0.497 e. The molecule has 1 aromatic heterocycles. The van der Waals surface area contributed by atoms with Gasteiger partial charge in [0, 0.05) is 5.70 Å². The number of carbonyl (C=O) groups excluding carboxylic acids is 1. The Labute approximate surface area is 162 Å². The number of ether oxygens (including phenoxy) is 2. The highest BCUT2D eigenvalue weighted by Gasteiger charge is 2.34. The van der Waals surface area contributed by atoms with E-state index in [2.05, 4.69) is 15.4 Å². The highest BCUT2D eigenvalue weighted by atomic mass is 16.5. The van der Waals surface area contributed by atoms with Crippen LogP contribution >= 0.6 is 0 Å². The smallest absolute Gasteiger partial charge is 0.338 e. The largest absolute Gasteiger partial charge is 0.497 e. The highest BCUT2D eigenvalue weighted by molar-refractivity contribution is 5.92. The average Bonchev–Trinajstić information content (AvgIpc) is 3.19. The third kappa shape index (κ3) is 3.34. The molecule has 1 N–H and O–H groups in total. The standard InChI is InChI=1S/C21H20N4O3/c1-14-18(20(26)28-12-15-7-4-3-5-8-15)19(25-21(24-14)22-13-23-25)16-9-6-10-17(11-16)27-2/h3-11,13,19H,12H2,1-2H3,(H,22,23,24)/t19-/m0/s1. The summed E-state index contributed by atoms with van der Waals surface area (Å²) in [6, 6.07) is 16.7. The summed E-state index contributed by atoms with van der Waals surface area (Å²) in [4.78, 5) is 17.3. The molecule has 0 saturated carbocycles. The Hall–Kier alpha value is -3.61. The lowest BCUT2D eigenvalue weighted by Crippen LogP contribution is -2.29. The zero-order valence-electron chi connectivity index (χ0n) is 15.6. The van der Waals surface area contributed by atoms with Crippen LogP contribution in [-0.2, 0) is 16.1 Å². The van der Waals surface area contributed by atoms with Crippen LogP contribution in [0.15, 0.2) is 72.2 Å². The van der Waals surface area contributed by atoms with E-state index in [0.717, 1.165) is 11.1 Å². The van der Waals surface area contributed by atoms with Crippen LogP contribution in [0, 0.1) is 0 Å². The molecule has 0 spiro atoms. The third-order valence-corrected chi connectivity index (χ3v) is 4.64. The maximum Gasteiger partial charge on any atom is 0.338 e. The number of carbonyl (C=O) groups is 1. The van der Waals surface area contributed by atoms with Gasteiger partial charge in [-0.3, -0.25) is 0 Å². The maximum atomic E-state index is 13.0. The van der Waals surface area contributed by atoms with Crippen molar-refractivity contribution in [2.45, 2.75) is 19.6 Å². The van der Waals surface area contributed by atoms with Crippen LogP contribution in [0.3, 0.4) is 0 Å². The van der Waals surface area contributed by atoms with Crippen molar-refractivity contribution < 1.29 is 14.3 Å². The van der Waals surface area contributed by atoms with Crippen LogP contribution < -0.4 is 10.1 Å². The SMILES string of the molecule is COc1cccc([C@H]2C(C(=O)OCc3ccccc3)=C(C)Nc3ncnn32)c1. The van der Waals surface area contributed by atoms with E-state index in [0.29, 0.717) is 23.0 Å². The number of hydrogen-bond acceptors (Lipinski definition) is 6. The Bertz CT molecular complexity index is 1030. The zero-order chi connectivity index (χ0) is 19.5. The van der Waals surface area contributed by atoms with Crippen molar-refractivity contribution in [3.63, 3.8) is 0 Å². The van der Waals surface area contributed by atoms with Crippen molar-refractivity contribution in [3.8, 4) is 5.75 Å². The Morgan fingerprint density at radius 2 is 2.00 bits per heavy atom. The molecule has 0 saturated heterocycles. The fraction of sp³-hybridized carbons (Fsp3) is 0.190. The van der Waals surface area contributed by atoms with Crippen molar-refractivity contribution in [2.75, 3.05) is 12.4 Å². The second-order valence-electron chi connectivity index (χ2n) is 6.43. The third-order valence-electron chi connectivity index (χ3n) is 4.64. The zero-order valence-corrected chi connectivity index (χ0v) is 15.6. The van der Waals surface area contributed by atoms with E-state index < -0.39 is 12.0 Å². The van der Waals surface area contributed by atoms with E-state index in [4.69, 9.17) is 9.47 Å². The van der Waals surface area contributed by atoms with Crippen LogP contribution in [0.5, 0.6) is 5.75 Å². The minimum absolute atomic E-state index is 0.200. The highest BCUT2D eigenvalue weighted by Crippen LogP contribution is 2.36. The Morgan fingerprint density at radius 3 is 2.79 bits per heavy atom. The number of rotatable bonds is 5. The maximum absolute atomic E-state index is 13.0. The van der Waals surface area contributed by atoms with Gasteiger partial charge >= 0.3 is 5.97 Å². The predicted molar refractivity (Wildman–Crippen MR) is 104 cm³/mol. The normalized spacial score (nSPS) is 15.6. The summed E-state index contributed by atoms with van der Waals surface area (Å²) in [5.74, 6) is 0.875. The number of anilines is 1. The van der Waals surface area contributed by atoms with Gasteiger partial charge < -0.3 is 14.8 Å². The summed E-state index contributed by atoms with van der Waals surface area (Å²) < 4.78 is 12.6. The van der Waals surface area contributed by atoms with E-state index in [1.807, 2.05) is 61.5 Å². The van der Waals surface area contributed by atoms with Gasteiger partial charge in [0.05, 0.1) is 12.7 Å². The molecule has 0 bridgehead atoms. The lowest BCUT2D eigenvalue weighted by atomic mass is 9.95. The molecule has 1 atom stereocenters. The van der Waals surface area contributed by atoms with Gasteiger partial charge in [0.2, 0.25) is 5.95 Å². The molecule has 28 heavy (non-hydrogen) atoms. The van der Waals surface area contributed by atoms with Gasteiger partial charge in [-0.1, -0.05) is 42.5 Å². The first-order chi connectivity index (χ1) is 13.7. The van der Waals surface area contributed by atoms with E-state index in [1.54, 1.807) is 11.8 Å². The lowest BCUT2D eigenvalue weighted by molar-refractivity contribution is -0.140. The molecule has 7 nitrogen and oxygen atoms in total. The lowest BCUT2D eigenvalue weighted by Gasteiger charge is -2.28. The van der Waals surface area contributed by atoms with Crippen molar-refractivity contribution in [3.05, 3.63) is 83.3 Å². The Morgan fingerprint density at radius 1 is 1.18 bits per heavy atom. The van der Waals surface area contributed by atoms with Crippen molar-refractivity contribution in [1.29, 1.82) is 0 Å². The number of esters is 1. The summed E-state index contributed by atoms with van der Waals surface area (Å²) >= 11 is 0. The molecular weight excluding hydrogens is 356 g/mol. The fourth-order valence-electron chi connectivity index (χ4n) is 3.28. The van der Waals surface area contributed by atoms with Gasteiger partial charge in [-0.25, -0.2) is 9.48 Å². The van der Waals surface area contributed by atoms with E-state index >= 15 is 0 Å².